The van der Waals surface area contributed by atoms with Gasteiger partial charge in [-0.1, -0.05) is 6.07 Å². The van der Waals surface area contributed by atoms with Crippen molar-refractivity contribution in [3.05, 3.63) is 47.8 Å². The van der Waals surface area contributed by atoms with E-state index in [1.165, 1.54) is 17.2 Å². The van der Waals surface area contributed by atoms with Crippen LogP contribution in [0, 0.1) is 0 Å². The Balaban J connectivity index is 1.87. The quantitative estimate of drug-likeness (QED) is 0.897. The summed E-state index contributed by atoms with van der Waals surface area (Å²) in [7, 11) is 0. The van der Waals surface area contributed by atoms with E-state index in [0.29, 0.717) is 18.8 Å². The molecule has 1 aliphatic heterocycles. The highest BCUT2D eigenvalue weighted by atomic mass is 19.4. The Morgan fingerprint density at radius 3 is 2.76 bits per heavy atom. The van der Waals surface area contributed by atoms with Gasteiger partial charge >= 0.3 is 6.18 Å². The summed E-state index contributed by atoms with van der Waals surface area (Å²) in [6, 6.07) is 6.38. The summed E-state index contributed by atoms with van der Waals surface area (Å²) < 4.78 is 39.1. The molecule has 0 saturated carbocycles. The standard InChI is InChI=1S/C16H15F3N4O2/c1-10-14(24)20-6-8-22(10)15(25)11-3-2-4-12(9-11)23-7-5-13(21-23)16(17,18)19/h2-5,7,9-10H,6,8H2,1H3,(H,20,24)/t10-/m1/s1. The molecule has 2 amide bonds. The maximum absolute atomic E-state index is 12.7. The van der Waals surface area contributed by atoms with E-state index in [2.05, 4.69) is 10.4 Å². The summed E-state index contributed by atoms with van der Waals surface area (Å²) in [6.45, 7) is 2.36. The van der Waals surface area contributed by atoms with Crippen molar-refractivity contribution in [3.8, 4) is 5.69 Å². The lowest BCUT2D eigenvalue weighted by molar-refractivity contribution is -0.141. The van der Waals surface area contributed by atoms with Gasteiger partial charge in [-0.25, -0.2) is 4.68 Å². The molecule has 25 heavy (non-hydrogen) atoms. The van der Waals surface area contributed by atoms with Crippen LogP contribution in [0.3, 0.4) is 0 Å². The zero-order valence-corrected chi connectivity index (χ0v) is 13.2. The molecule has 1 aromatic carbocycles. The van der Waals surface area contributed by atoms with Gasteiger partial charge in [0.25, 0.3) is 5.91 Å². The molecule has 6 nitrogen and oxygen atoms in total. The van der Waals surface area contributed by atoms with Crippen molar-refractivity contribution < 1.29 is 22.8 Å². The molecule has 0 unspecified atom stereocenters. The zero-order chi connectivity index (χ0) is 18.2. The van der Waals surface area contributed by atoms with Crippen molar-refractivity contribution in [1.29, 1.82) is 0 Å². The number of rotatable bonds is 2. The molecule has 1 saturated heterocycles. The van der Waals surface area contributed by atoms with Crippen molar-refractivity contribution in [2.75, 3.05) is 13.1 Å². The van der Waals surface area contributed by atoms with Crippen molar-refractivity contribution in [1.82, 2.24) is 20.0 Å². The molecule has 1 fully saturated rings. The number of piperazine rings is 1. The monoisotopic (exact) mass is 352 g/mol. The molecule has 0 spiro atoms. The molecule has 9 heteroatoms. The van der Waals surface area contributed by atoms with Crippen LogP contribution in [0.15, 0.2) is 36.5 Å². The van der Waals surface area contributed by atoms with E-state index >= 15 is 0 Å². The molecule has 0 bridgehead atoms. The lowest BCUT2D eigenvalue weighted by Crippen LogP contribution is -2.55. The van der Waals surface area contributed by atoms with E-state index in [0.717, 1.165) is 10.7 Å². The van der Waals surface area contributed by atoms with Crippen LogP contribution in [0.5, 0.6) is 0 Å². The average Bonchev–Trinajstić information content (AvgIpc) is 3.07. The van der Waals surface area contributed by atoms with Gasteiger partial charge in [0.2, 0.25) is 5.91 Å². The number of halogens is 3. The molecule has 0 aliphatic carbocycles. The largest absolute Gasteiger partial charge is 0.435 e. The summed E-state index contributed by atoms with van der Waals surface area (Å²) in [5, 5.41) is 6.16. The SMILES string of the molecule is C[C@@H]1C(=O)NCCN1C(=O)c1cccc(-n2ccc(C(F)(F)F)n2)c1. The first kappa shape index (κ1) is 17.0. The summed E-state index contributed by atoms with van der Waals surface area (Å²) in [4.78, 5) is 25.8. The third kappa shape index (κ3) is 3.35. The van der Waals surface area contributed by atoms with E-state index in [1.807, 2.05) is 0 Å². The van der Waals surface area contributed by atoms with Gasteiger partial charge in [0.05, 0.1) is 5.69 Å². The molecule has 2 aromatic rings. The summed E-state index contributed by atoms with van der Waals surface area (Å²) in [5.74, 6) is -0.593. The second kappa shape index (κ2) is 6.23. The molecule has 0 radical (unpaired) electrons. The van der Waals surface area contributed by atoms with Gasteiger partial charge in [0, 0.05) is 24.8 Å². The Morgan fingerprint density at radius 2 is 2.08 bits per heavy atom. The number of nitrogens with zero attached hydrogens (tertiary/aromatic N) is 3. The van der Waals surface area contributed by atoms with Gasteiger partial charge in [0.1, 0.15) is 6.04 Å². The predicted octanol–water partition coefficient (Wildman–Crippen LogP) is 1.85. The van der Waals surface area contributed by atoms with E-state index in [9.17, 15) is 22.8 Å². The highest BCUT2D eigenvalue weighted by Crippen LogP contribution is 2.28. The third-order valence-electron chi connectivity index (χ3n) is 4.00. The maximum atomic E-state index is 12.7. The smallest absolute Gasteiger partial charge is 0.353 e. The lowest BCUT2D eigenvalue weighted by atomic mass is 10.1. The van der Waals surface area contributed by atoms with Crippen LogP contribution in [0.4, 0.5) is 13.2 Å². The molecular formula is C16H15F3N4O2. The van der Waals surface area contributed by atoms with E-state index in [1.54, 1.807) is 25.1 Å². The van der Waals surface area contributed by atoms with Crippen molar-refractivity contribution in [2.45, 2.75) is 19.1 Å². The number of hydrogen-bond acceptors (Lipinski definition) is 3. The number of nitrogens with one attached hydrogen (secondary N) is 1. The maximum Gasteiger partial charge on any atom is 0.435 e. The van der Waals surface area contributed by atoms with Crippen LogP contribution in [0.25, 0.3) is 5.69 Å². The minimum absolute atomic E-state index is 0.238. The van der Waals surface area contributed by atoms with Crippen LogP contribution >= 0.6 is 0 Å². The second-order valence-electron chi connectivity index (χ2n) is 5.66. The number of benzene rings is 1. The first-order chi connectivity index (χ1) is 11.8. The van der Waals surface area contributed by atoms with Crippen LogP contribution in [-0.2, 0) is 11.0 Å². The number of aromatic nitrogens is 2. The van der Waals surface area contributed by atoms with Crippen LogP contribution in [-0.4, -0.2) is 45.6 Å². The lowest BCUT2D eigenvalue weighted by Gasteiger charge is -2.32. The van der Waals surface area contributed by atoms with Gasteiger partial charge in [-0.05, 0) is 31.2 Å². The Kier molecular flexibility index (Phi) is 4.23. The van der Waals surface area contributed by atoms with Gasteiger partial charge in [0.15, 0.2) is 5.69 Å². The molecule has 1 N–H and O–H groups in total. The number of alkyl halides is 3. The Hall–Kier alpha value is -2.84. The van der Waals surface area contributed by atoms with E-state index in [-0.39, 0.29) is 17.4 Å². The fourth-order valence-electron chi connectivity index (χ4n) is 2.63. The molecule has 3 rings (SSSR count). The highest BCUT2D eigenvalue weighted by molar-refractivity contribution is 5.98. The van der Waals surface area contributed by atoms with Crippen LogP contribution in [0.1, 0.15) is 23.0 Å². The van der Waals surface area contributed by atoms with Crippen LogP contribution < -0.4 is 5.32 Å². The minimum atomic E-state index is -4.53. The first-order valence-electron chi connectivity index (χ1n) is 7.59. The van der Waals surface area contributed by atoms with Gasteiger partial charge in [-0.15, -0.1) is 0 Å². The van der Waals surface area contributed by atoms with Gasteiger partial charge in [-0.2, -0.15) is 18.3 Å². The van der Waals surface area contributed by atoms with Crippen LogP contribution in [0.2, 0.25) is 0 Å². The Labute approximate surface area is 141 Å². The fourth-order valence-corrected chi connectivity index (χ4v) is 2.63. The topological polar surface area (TPSA) is 67.2 Å². The number of hydrogen-bond donors (Lipinski definition) is 1. The molecule has 132 valence electrons. The molecular weight excluding hydrogens is 337 g/mol. The molecule has 1 aromatic heterocycles. The normalized spacial score (nSPS) is 18.2. The average molecular weight is 352 g/mol. The number of carbonyl (C=O) groups is 2. The van der Waals surface area contributed by atoms with E-state index in [4.69, 9.17) is 0 Å². The van der Waals surface area contributed by atoms with E-state index < -0.39 is 17.9 Å². The van der Waals surface area contributed by atoms with Gasteiger partial charge in [-0.3, -0.25) is 9.59 Å². The zero-order valence-electron chi connectivity index (χ0n) is 13.2. The summed E-state index contributed by atoms with van der Waals surface area (Å²) in [5.41, 5.74) is -0.399. The summed E-state index contributed by atoms with van der Waals surface area (Å²) in [6.07, 6.45) is -3.35. The fraction of sp³-hybridized carbons (Fsp3) is 0.312. The van der Waals surface area contributed by atoms with Crippen molar-refractivity contribution in [2.24, 2.45) is 0 Å². The summed E-state index contributed by atoms with van der Waals surface area (Å²) >= 11 is 0. The minimum Gasteiger partial charge on any atom is -0.353 e. The van der Waals surface area contributed by atoms with Crippen molar-refractivity contribution >= 4 is 11.8 Å². The third-order valence-corrected chi connectivity index (χ3v) is 4.00. The molecule has 1 atom stereocenters. The van der Waals surface area contributed by atoms with Gasteiger partial charge < -0.3 is 10.2 Å². The second-order valence-corrected chi connectivity index (χ2v) is 5.66. The number of amides is 2. The van der Waals surface area contributed by atoms with Crippen molar-refractivity contribution in [3.63, 3.8) is 0 Å². The number of carbonyl (C=O) groups excluding carboxylic acids is 2. The predicted molar refractivity (Wildman–Crippen MR) is 82.1 cm³/mol. The first-order valence-corrected chi connectivity index (χ1v) is 7.59. The Morgan fingerprint density at radius 1 is 1.32 bits per heavy atom. The highest BCUT2D eigenvalue weighted by Gasteiger charge is 2.34. The Bertz CT molecular complexity index is 816. The molecule has 2 heterocycles. The molecule has 1 aliphatic rings.